The lowest BCUT2D eigenvalue weighted by Crippen LogP contribution is -2.32. The first-order valence-electron chi connectivity index (χ1n) is 9.71. The highest BCUT2D eigenvalue weighted by atomic mass is 79.9. The standard InChI is InChI=1S/C22H28N4O2.BrH/c1-4-24(5-2)13-14-25-19-11-6-7-12-20(19)26(22(25)23)16-21(27)17-9-8-10-18(15-17)28-3;/h6-12,15,23H,4-5,13-14,16H2,1-3H3;1H. The number of nitrogens with one attached hydrogen (secondary N) is 1. The maximum Gasteiger partial charge on any atom is 0.203 e. The molecule has 0 atom stereocenters. The van der Waals surface area contributed by atoms with Crippen LogP contribution in [0.3, 0.4) is 0 Å². The summed E-state index contributed by atoms with van der Waals surface area (Å²) in [5.41, 5.74) is 2.83. The van der Waals surface area contributed by atoms with E-state index in [4.69, 9.17) is 10.1 Å². The second-order valence-electron chi connectivity index (χ2n) is 6.73. The van der Waals surface area contributed by atoms with Crippen molar-refractivity contribution in [3.8, 4) is 5.75 Å². The fourth-order valence-corrected chi connectivity index (χ4v) is 3.49. The van der Waals surface area contributed by atoms with Crippen LogP contribution in [-0.4, -0.2) is 46.6 Å². The molecule has 0 amide bonds. The molecular weight excluding hydrogens is 432 g/mol. The summed E-state index contributed by atoms with van der Waals surface area (Å²) in [6.07, 6.45) is 0. The first-order valence-corrected chi connectivity index (χ1v) is 9.71. The van der Waals surface area contributed by atoms with Crippen molar-refractivity contribution in [3.63, 3.8) is 0 Å². The third-order valence-electron chi connectivity index (χ3n) is 5.20. The van der Waals surface area contributed by atoms with Crippen LogP contribution < -0.4 is 10.4 Å². The molecule has 0 fully saturated rings. The maximum atomic E-state index is 12.9. The van der Waals surface area contributed by atoms with Crippen molar-refractivity contribution < 1.29 is 9.53 Å². The fraction of sp³-hybridized carbons (Fsp3) is 0.364. The van der Waals surface area contributed by atoms with Crippen molar-refractivity contribution in [3.05, 3.63) is 59.7 Å². The van der Waals surface area contributed by atoms with E-state index < -0.39 is 0 Å². The normalized spacial score (nSPS) is 10.9. The number of hydrogen-bond donors (Lipinski definition) is 1. The summed E-state index contributed by atoms with van der Waals surface area (Å²) in [5, 5.41) is 8.70. The van der Waals surface area contributed by atoms with Gasteiger partial charge in [0, 0.05) is 18.7 Å². The Morgan fingerprint density at radius 3 is 2.31 bits per heavy atom. The second kappa shape index (κ2) is 10.4. The molecule has 0 aliphatic heterocycles. The number of hydrogen-bond acceptors (Lipinski definition) is 4. The van der Waals surface area contributed by atoms with Gasteiger partial charge in [-0.2, -0.15) is 0 Å². The number of rotatable bonds is 9. The molecule has 0 saturated heterocycles. The van der Waals surface area contributed by atoms with E-state index in [2.05, 4.69) is 18.7 Å². The Bertz CT molecular complexity index is 1020. The Balaban J connectivity index is 0.00000300. The van der Waals surface area contributed by atoms with Crippen molar-refractivity contribution in [2.24, 2.45) is 0 Å². The van der Waals surface area contributed by atoms with Gasteiger partial charge in [-0.25, -0.2) is 0 Å². The smallest absolute Gasteiger partial charge is 0.203 e. The van der Waals surface area contributed by atoms with E-state index >= 15 is 0 Å². The summed E-state index contributed by atoms with van der Waals surface area (Å²) in [6.45, 7) is 7.99. The molecule has 0 spiro atoms. The molecule has 156 valence electrons. The first kappa shape index (κ1) is 22.9. The molecule has 1 aromatic heterocycles. The van der Waals surface area contributed by atoms with Gasteiger partial charge >= 0.3 is 0 Å². The van der Waals surface area contributed by atoms with E-state index in [1.165, 1.54) is 0 Å². The zero-order valence-electron chi connectivity index (χ0n) is 17.2. The Kier molecular flexibility index (Phi) is 8.22. The molecule has 0 aliphatic rings. The third kappa shape index (κ3) is 4.97. The Labute approximate surface area is 182 Å². The highest BCUT2D eigenvalue weighted by Crippen LogP contribution is 2.16. The Morgan fingerprint density at radius 1 is 1.03 bits per heavy atom. The van der Waals surface area contributed by atoms with E-state index in [-0.39, 0.29) is 29.3 Å². The zero-order chi connectivity index (χ0) is 20.1. The molecule has 6 nitrogen and oxygen atoms in total. The molecule has 29 heavy (non-hydrogen) atoms. The van der Waals surface area contributed by atoms with Gasteiger partial charge in [-0.15, -0.1) is 17.0 Å². The summed E-state index contributed by atoms with van der Waals surface area (Å²) >= 11 is 0. The predicted octanol–water partition coefficient (Wildman–Crippen LogP) is 3.73. The number of imidazole rings is 1. The molecule has 0 bridgehead atoms. The highest BCUT2D eigenvalue weighted by molar-refractivity contribution is 8.93. The van der Waals surface area contributed by atoms with Gasteiger partial charge in [0.05, 0.1) is 24.7 Å². The monoisotopic (exact) mass is 460 g/mol. The maximum absolute atomic E-state index is 12.9. The molecule has 0 saturated carbocycles. The number of halogens is 1. The largest absolute Gasteiger partial charge is 0.497 e. The van der Waals surface area contributed by atoms with Gasteiger partial charge in [-0.05, 0) is 37.4 Å². The van der Waals surface area contributed by atoms with Crippen LogP contribution in [0.2, 0.25) is 0 Å². The summed E-state index contributed by atoms with van der Waals surface area (Å²) < 4.78 is 9.01. The number of methoxy groups -OCH3 is 1. The predicted molar refractivity (Wildman–Crippen MR) is 121 cm³/mol. The van der Waals surface area contributed by atoms with E-state index in [1.807, 2.05) is 41.0 Å². The number of carbonyl (C=O) groups excluding carboxylic acids is 1. The number of likely N-dealkylation sites (N-methyl/N-ethyl adjacent to an activating group) is 1. The molecular formula is C22H29BrN4O2. The molecule has 3 rings (SSSR count). The van der Waals surface area contributed by atoms with Crippen molar-refractivity contribution in [2.75, 3.05) is 26.7 Å². The van der Waals surface area contributed by atoms with Gasteiger partial charge in [0.1, 0.15) is 5.75 Å². The van der Waals surface area contributed by atoms with Crippen molar-refractivity contribution in [2.45, 2.75) is 26.9 Å². The number of carbonyl (C=O) groups is 1. The van der Waals surface area contributed by atoms with Crippen LogP contribution in [0.15, 0.2) is 48.5 Å². The van der Waals surface area contributed by atoms with Gasteiger partial charge < -0.3 is 18.8 Å². The summed E-state index contributed by atoms with van der Waals surface area (Å²) in [5.74, 6) is 0.618. The molecule has 2 aromatic carbocycles. The Morgan fingerprint density at radius 2 is 1.69 bits per heavy atom. The van der Waals surface area contributed by atoms with Crippen LogP contribution in [0, 0.1) is 5.41 Å². The van der Waals surface area contributed by atoms with Crippen molar-refractivity contribution in [1.82, 2.24) is 14.0 Å². The van der Waals surface area contributed by atoms with Gasteiger partial charge in [0.15, 0.2) is 5.78 Å². The number of ether oxygens (including phenoxy) is 1. The topological polar surface area (TPSA) is 63.2 Å². The number of benzene rings is 2. The lowest BCUT2D eigenvalue weighted by atomic mass is 10.1. The van der Waals surface area contributed by atoms with E-state index in [9.17, 15) is 4.79 Å². The summed E-state index contributed by atoms with van der Waals surface area (Å²) in [6, 6.07) is 15.1. The third-order valence-corrected chi connectivity index (χ3v) is 5.20. The SMILES string of the molecule is Br.CCN(CC)CCn1c(=N)n(CC(=O)c2cccc(OC)c2)c2ccccc21. The fourth-order valence-electron chi connectivity index (χ4n) is 3.49. The minimum Gasteiger partial charge on any atom is -0.497 e. The van der Waals surface area contributed by atoms with Gasteiger partial charge in [0.2, 0.25) is 5.62 Å². The molecule has 0 aliphatic carbocycles. The molecule has 0 unspecified atom stereocenters. The van der Waals surface area contributed by atoms with E-state index in [1.54, 1.807) is 23.8 Å². The van der Waals surface area contributed by atoms with Gasteiger partial charge in [0.25, 0.3) is 0 Å². The van der Waals surface area contributed by atoms with Crippen molar-refractivity contribution >= 4 is 33.8 Å². The average Bonchev–Trinajstić information content (AvgIpc) is 3.00. The van der Waals surface area contributed by atoms with Gasteiger partial charge in [-0.1, -0.05) is 38.1 Å². The van der Waals surface area contributed by atoms with Crippen LogP contribution >= 0.6 is 17.0 Å². The van der Waals surface area contributed by atoms with Crippen molar-refractivity contribution in [1.29, 1.82) is 5.41 Å². The minimum absolute atomic E-state index is 0. The number of Topliss-reactive ketones (excluding diaryl/α,β-unsaturated/α-hetero) is 1. The molecule has 0 radical (unpaired) electrons. The second-order valence-corrected chi connectivity index (χ2v) is 6.73. The van der Waals surface area contributed by atoms with Gasteiger partial charge in [-0.3, -0.25) is 10.2 Å². The number of para-hydroxylation sites is 2. The van der Waals surface area contributed by atoms with Crippen LogP contribution in [-0.2, 0) is 13.1 Å². The lowest BCUT2D eigenvalue weighted by molar-refractivity contribution is 0.0971. The van der Waals surface area contributed by atoms with Crippen LogP contribution in [0.4, 0.5) is 0 Å². The van der Waals surface area contributed by atoms with E-state index in [0.29, 0.717) is 16.9 Å². The number of aromatic nitrogens is 2. The van der Waals surface area contributed by atoms with Crippen LogP contribution in [0.1, 0.15) is 24.2 Å². The highest BCUT2D eigenvalue weighted by Gasteiger charge is 2.15. The zero-order valence-corrected chi connectivity index (χ0v) is 18.9. The number of fused-ring (bicyclic) bond motifs is 1. The Hall–Kier alpha value is -2.38. The molecule has 3 aromatic rings. The molecule has 1 N–H and O–H groups in total. The first-order chi connectivity index (χ1) is 13.6. The minimum atomic E-state index is -0.0379. The van der Waals surface area contributed by atoms with Crippen LogP contribution in [0.5, 0.6) is 5.75 Å². The summed E-state index contributed by atoms with van der Waals surface area (Å²) in [7, 11) is 1.59. The van der Waals surface area contributed by atoms with E-state index in [0.717, 1.165) is 37.2 Å². The molecule has 1 heterocycles. The average molecular weight is 461 g/mol. The number of nitrogens with zero attached hydrogens (tertiary/aromatic N) is 3. The summed E-state index contributed by atoms with van der Waals surface area (Å²) in [4.78, 5) is 15.2. The quantitative estimate of drug-likeness (QED) is 0.494. The molecule has 7 heteroatoms. The van der Waals surface area contributed by atoms with Crippen LogP contribution in [0.25, 0.3) is 11.0 Å². The lowest BCUT2D eigenvalue weighted by Gasteiger charge is -2.18. The number of ketones is 1.